The number of allylic oxidation sites excluding steroid dienone is 4. The standard InChI is InChI=1S/C45H36N2/c1-45(2)39-22-9-6-19-35(39)36-28-27-34(30-40(36)45)47-42-24-11-8-21-38(42)37-20-7-10-23-41(37)46(43-25-12-13-26-44(43)47)33-18-14-17-32(29-33)31-15-4-3-5-16-31/h3-15,17-31H,16H2,1-2H3. The molecular weight excluding hydrogens is 569 g/mol. The quantitative estimate of drug-likeness (QED) is 0.190. The number of aromatic nitrogens is 2. The van der Waals surface area contributed by atoms with Gasteiger partial charge in [0.05, 0.1) is 22.1 Å². The van der Waals surface area contributed by atoms with Gasteiger partial charge in [0.15, 0.2) is 0 Å². The van der Waals surface area contributed by atoms with Crippen LogP contribution in [0.2, 0.25) is 0 Å². The first-order valence-electron chi connectivity index (χ1n) is 16.6. The van der Waals surface area contributed by atoms with E-state index in [0.29, 0.717) is 5.92 Å². The first-order valence-corrected chi connectivity index (χ1v) is 16.6. The maximum Gasteiger partial charge on any atom is 0.0702 e. The highest BCUT2D eigenvalue weighted by Gasteiger charge is 2.35. The molecule has 0 bridgehead atoms. The molecule has 2 heteroatoms. The number of fused-ring (bicyclic) bond motifs is 7. The molecule has 1 atom stereocenters. The van der Waals surface area contributed by atoms with Gasteiger partial charge < -0.3 is 9.13 Å². The molecule has 47 heavy (non-hydrogen) atoms. The van der Waals surface area contributed by atoms with E-state index in [1.165, 1.54) is 49.6 Å². The zero-order chi connectivity index (χ0) is 31.5. The van der Waals surface area contributed by atoms with E-state index >= 15 is 0 Å². The first-order chi connectivity index (χ1) is 23.1. The fourth-order valence-electron chi connectivity index (χ4n) is 8.00. The molecule has 1 aromatic heterocycles. The molecule has 0 aliphatic heterocycles. The monoisotopic (exact) mass is 604 g/mol. The van der Waals surface area contributed by atoms with Crippen LogP contribution in [0.3, 0.4) is 0 Å². The second kappa shape index (κ2) is 10.7. The van der Waals surface area contributed by atoms with Crippen molar-refractivity contribution in [3.05, 3.63) is 181 Å². The van der Waals surface area contributed by atoms with Gasteiger partial charge in [-0.1, -0.05) is 129 Å². The number of para-hydroxylation sites is 4. The second-order valence-electron chi connectivity index (χ2n) is 13.3. The third kappa shape index (κ3) is 4.32. The molecular formula is C45H36N2. The summed E-state index contributed by atoms with van der Waals surface area (Å²) >= 11 is 0. The molecule has 0 saturated carbocycles. The highest BCUT2D eigenvalue weighted by molar-refractivity contribution is 6.06. The maximum absolute atomic E-state index is 2.48. The number of hydrogen-bond donors (Lipinski definition) is 0. The summed E-state index contributed by atoms with van der Waals surface area (Å²) in [6, 6.07) is 51.7. The van der Waals surface area contributed by atoms with Crippen LogP contribution in [0.1, 0.15) is 42.9 Å². The van der Waals surface area contributed by atoms with Gasteiger partial charge in [0, 0.05) is 33.5 Å². The van der Waals surface area contributed by atoms with E-state index in [4.69, 9.17) is 0 Å². The Hall–Kier alpha value is -5.60. The number of hydrogen-bond acceptors (Lipinski definition) is 0. The predicted octanol–water partition coefficient (Wildman–Crippen LogP) is 11.8. The van der Waals surface area contributed by atoms with Crippen LogP contribution in [0.5, 0.6) is 0 Å². The molecule has 2 aliphatic rings. The summed E-state index contributed by atoms with van der Waals surface area (Å²) in [5.41, 5.74) is 13.6. The van der Waals surface area contributed by atoms with E-state index in [-0.39, 0.29) is 5.41 Å². The predicted molar refractivity (Wildman–Crippen MR) is 198 cm³/mol. The average molecular weight is 605 g/mol. The van der Waals surface area contributed by atoms with Crippen molar-refractivity contribution in [1.29, 1.82) is 0 Å². The Labute approximate surface area is 275 Å². The molecule has 0 spiro atoms. The number of nitrogens with zero attached hydrogens (tertiary/aromatic N) is 2. The van der Waals surface area contributed by atoms with Crippen LogP contribution in [-0.4, -0.2) is 9.13 Å². The minimum Gasteiger partial charge on any atom is -0.308 e. The third-order valence-corrected chi connectivity index (χ3v) is 10.3. The molecule has 6 aromatic carbocycles. The average Bonchev–Trinajstić information content (AvgIpc) is 3.35. The Kier molecular flexibility index (Phi) is 6.33. The van der Waals surface area contributed by atoms with Crippen molar-refractivity contribution in [2.45, 2.75) is 31.6 Å². The van der Waals surface area contributed by atoms with E-state index in [2.05, 4.69) is 187 Å². The van der Waals surface area contributed by atoms with Crippen LogP contribution in [-0.2, 0) is 5.41 Å². The summed E-state index contributed by atoms with van der Waals surface area (Å²) in [5.74, 6) is 0.372. The molecule has 2 aliphatic carbocycles. The lowest BCUT2D eigenvalue weighted by molar-refractivity contribution is 0.660. The van der Waals surface area contributed by atoms with Crippen molar-refractivity contribution in [1.82, 2.24) is 9.13 Å². The molecule has 1 heterocycles. The zero-order valence-electron chi connectivity index (χ0n) is 26.8. The lowest BCUT2D eigenvalue weighted by atomic mass is 9.82. The number of rotatable bonds is 3. The van der Waals surface area contributed by atoms with E-state index < -0.39 is 0 Å². The van der Waals surface area contributed by atoms with Gasteiger partial charge in [-0.25, -0.2) is 0 Å². The summed E-state index contributed by atoms with van der Waals surface area (Å²) in [7, 11) is 0. The molecule has 0 N–H and O–H groups in total. The lowest BCUT2D eigenvalue weighted by Gasteiger charge is -2.24. The fraction of sp³-hybridized carbons (Fsp3) is 0.111. The lowest BCUT2D eigenvalue weighted by Crippen LogP contribution is -2.15. The van der Waals surface area contributed by atoms with Gasteiger partial charge in [0.1, 0.15) is 0 Å². The van der Waals surface area contributed by atoms with E-state index in [1.54, 1.807) is 0 Å². The Morgan fingerprint density at radius 2 is 1.11 bits per heavy atom. The van der Waals surface area contributed by atoms with Crippen LogP contribution in [0, 0.1) is 0 Å². The normalized spacial score (nSPS) is 16.0. The van der Waals surface area contributed by atoms with Crippen molar-refractivity contribution < 1.29 is 0 Å². The van der Waals surface area contributed by atoms with Gasteiger partial charge in [-0.15, -0.1) is 0 Å². The van der Waals surface area contributed by atoms with E-state index in [0.717, 1.165) is 28.8 Å². The first kappa shape index (κ1) is 27.7. The van der Waals surface area contributed by atoms with Gasteiger partial charge in [-0.3, -0.25) is 0 Å². The molecule has 7 aromatic rings. The zero-order valence-corrected chi connectivity index (χ0v) is 26.8. The molecule has 0 saturated heterocycles. The summed E-state index contributed by atoms with van der Waals surface area (Å²) in [6.45, 7) is 4.72. The summed E-state index contributed by atoms with van der Waals surface area (Å²) in [5, 5.41) is 2.42. The minimum absolute atomic E-state index is 0.0917. The SMILES string of the molecule is CC1(C)c2ccccc2-c2ccc(-n3c4ccccc4c4ccccc4n(-c4cccc(C5C=CC=CC5)c4)c4ccccc43)cc21. The molecule has 226 valence electrons. The highest BCUT2D eigenvalue weighted by atomic mass is 15.0. The Bertz CT molecular complexity index is 2480. The largest absolute Gasteiger partial charge is 0.308 e. The molecule has 1 unspecified atom stereocenters. The van der Waals surface area contributed by atoms with Gasteiger partial charge >= 0.3 is 0 Å². The highest BCUT2D eigenvalue weighted by Crippen LogP contribution is 2.49. The molecule has 0 fully saturated rings. The van der Waals surface area contributed by atoms with Crippen molar-refractivity contribution in [3.63, 3.8) is 0 Å². The molecule has 0 radical (unpaired) electrons. The Morgan fingerprint density at radius 3 is 1.79 bits per heavy atom. The van der Waals surface area contributed by atoms with Crippen molar-refractivity contribution >= 4 is 32.8 Å². The van der Waals surface area contributed by atoms with Crippen molar-refractivity contribution in [3.8, 4) is 22.5 Å². The smallest absolute Gasteiger partial charge is 0.0702 e. The van der Waals surface area contributed by atoms with Crippen LogP contribution in [0.15, 0.2) is 164 Å². The minimum atomic E-state index is -0.0917. The maximum atomic E-state index is 2.48. The van der Waals surface area contributed by atoms with Gasteiger partial charge in [0.25, 0.3) is 0 Å². The van der Waals surface area contributed by atoms with Crippen LogP contribution in [0.4, 0.5) is 0 Å². The molecule has 9 rings (SSSR count). The second-order valence-corrected chi connectivity index (χ2v) is 13.3. The van der Waals surface area contributed by atoms with Crippen LogP contribution in [0.25, 0.3) is 55.3 Å². The summed E-state index contributed by atoms with van der Waals surface area (Å²) < 4.78 is 4.94. The fourth-order valence-corrected chi connectivity index (χ4v) is 8.00. The number of benzene rings is 6. The van der Waals surface area contributed by atoms with Crippen LogP contribution >= 0.6 is 0 Å². The summed E-state index contributed by atoms with van der Waals surface area (Å²) in [6.07, 6.45) is 9.93. The summed E-state index contributed by atoms with van der Waals surface area (Å²) in [4.78, 5) is 0. The third-order valence-electron chi connectivity index (χ3n) is 10.3. The van der Waals surface area contributed by atoms with Gasteiger partial charge in [-0.2, -0.15) is 0 Å². The van der Waals surface area contributed by atoms with E-state index in [9.17, 15) is 0 Å². The molecule has 0 amide bonds. The molecule has 2 nitrogen and oxygen atoms in total. The van der Waals surface area contributed by atoms with Crippen LogP contribution < -0.4 is 0 Å². The topological polar surface area (TPSA) is 9.86 Å². The van der Waals surface area contributed by atoms with Crippen molar-refractivity contribution in [2.24, 2.45) is 0 Å². The Morgan fingerprint density at radius 1 is 0.511 bits per heavy atom. The van der Waals surface area contributed by atoms with Crippen molar-refractivity contribution in [2.75, 3.05) is 0 Å². The van der Waals surface area contributed by atoms with Gasteiger partial charge in [0.2, 0.25) is 0 Å². The van der Waals surface area contributed by atoms with Gasteiger partial charge in [-0.05, 0) is 82.8 Å². The Balaban J connectivity index is 1.41. The van der Waals surface area contributed by atoms with E-state index in [1.807, 2.05) is 0 Å².